The summed E-state index contributed by atoms with van der Waals surface area (Å²) in [6, 6.07) is -1.01. The van der Waals surface area contributed by atoms with Crippen LogP contribution in [0.4, 0.5) is 18.0 Å². The summed E-state index contributed by atoms with van der Waals surface area (Å²) in [6.45, 7) is 5.69. The number of halogens is 3. The monoisotopic (exact) mass is 296 g/mol. The summed E-state index contributed by atoms with van der Waals surface area (Å²) in [5.41, 5.74) is -4.72. The molecule has 116 valence electrons. The van der Waals surface area contributed by atoms with Crippen LogP contribution >= 0.6 is 0 Å². The van der Waals surface area contributed by atoms with Gasteiger partial charge in [0.15, 0.2) is 0 Å². The second kappa shape index (κ2) is 4.53. The van der Waals surface area contributed by atoms with Gasteiger partial charge < -0.3 is 15.7 Å². The third-order valence-corrected chi connectivity index (χ3v) is 4.17. The summed E-state index contributed by atoms with van der Waals surface area (Å²) in [5, 5.41) is 13.3. The molecule has 5 nitrogen and oxygen atoms in total. The van der Waals surface area contributed by atoms with E-state index >= 15 is 0 Å². The lowest BCUT2D eigenvalue weighted by Gasteiger charge is -2.39. The van der Waals surface area contributed by atoms with Gasteiger partial charge in [-0.2, -0.15) is 13.2 Å². The highest BCUT2D eigenvalue weighted by Gasteiger charge is 2.64. The maximum absolute atomic E-state index is 12.7. The molecule has 0 unspecified atom stereocenters. The molecule has 0 aromatic carbocycles. The molecule has 0 radical (unpaired) electrons. The molecule has 8 heteroatoms. The third-order valence-electron chi connectivity index (χ3n) is 4.17. The fourth-order valence-electron chi connectivity index (χ4n) is 1.56. The Morgan fingerprint density at radius 3 is 1.85 bits per heavy atom. The zero-order valence-electron chi connectivity index (χ0n) is 11.8. The first-order valence-electron chi connectivity index (χ1n) is 6.16. The minimum Gasteiger partial charge on any atom is -0.481 e. The number of carboxylic acid groups (broad SMARTS) is 1. The van der Waals surface area contributed by atoms with E-state index in [1.165, 1.54) is 27.7 Å². The number of amides is 2. The molecule has 1 saturated carbocycles. The molecule has 0 bridgehead atoms. The van der Waals surface area contributed by atoms with Gasteiger partial charge in [-0.25, -0.2) is 4.79 Å². The van der Waals surface area contributed by atoms with Crippen LogP contribution in [0.2, 0.25) is 0 Å². The summed E-state index contributed by atoms with van der Waals surface area (Å²) < 4.78 is 38.1. The summed E-state index contributed by atoms with van der Waals surface area (Å²) in [4.78, 5) is 22.9. The van der Waals surface area contributed by atoms with Crippen LogP contribution in [0, 0.1) is 5.41 Å². The number of urea groups is 1. The lowest BCUT2D eigenvalue weighted by molar-refractivity contribution is -0.163. The highest BCUT2D eigenvalue weighted by molar-refractivity contribution is 5.80. The van der Waals surface area contributed by atoms with E-state index in [0.717, 1.165) is 0 Å². The summed E-state index contributed by atoms with van der Waals surface area (Å²) in [7, 11) is 0. The molecular weight excluding hydrogens is 277 g/mol. The molecule has 1 aliphatic rings. The number of carboxylic acids is 1. The van der Waals surface area contributed by atoms with Crippen molar-refractivity contribution in [2.45, 2.75) is 57.8 Å². The van der Waals surface area contributed by atoms with Crippen molar-refractivity contribution in [2.24, 2.45) is 5.41 Å². The van der Waals surface area contributed by atoms with Crippen molar-refractivity contribution in [2.75, 3.05) is 0 Å². The van der Waals surface area contributed by atoms with Crippen LogP contribution in [-0.4, -0.2) is 34.4 Å². The molecule has 0 spiro atoms. The van der Waals surface area contributed by atoms with Crippen molar-refractivity contribution in [1.82, 2.24) is 10.6 Å². The number of aliphatic carboxylic acids is 1. The quantitative estimate of drug-likeness (QED) is 0.744. The minimum absolute atomic E-state index is 0.160. The second-order valence-corrected chi connectivity index (χ2v) is 6.21. The number of carbonyl (C=O) groups is 2. The number of carbonyl (C=O) groups excluding carboxylic acids is 1. The fraction of sp³-hybridized carbons (Fsp3) is 0.833. The maximum Gasteiger partial charge on any atom is 0.411 e. The van der Waals surface area contributed by atoms with E-state index in [-0.39, 0.29) is 12.8 Å². The van der Waals surface area contributed by atoms with Crippen LogP contribution in [0.25, 0.3) is 0 Å². The highest BCUT2D eigenvalue weighted by atomic mass is 19.4. The molecule has 1 rings (SSSR count). The lowest BCUT2D eigenvalue weighted by atomic mass is 9.74. The zero-order chi connectivity index (χ0) is 16.0. The Hall–Kier alpha value is -1.47. The van der Waals surface area contributed by atoms with E-state index < -0.39 is 34.7 Å². The molecule has 1 aliphatic carbocycles. The Bertz CT molecular complexity index is 426. The van der Waals surface area contributed by atoms with Gasteiger partial charge >= 0.3 is 18.2 Å². The molecule has 0 heterocycles. The predicted octanol–water partition coefficient (Wildman–Crippen LogP) is 2.27. The first kappa shape index (κ1) is 16.6. The molecule has 0 saturated heterocycles. The van der Waals surface area contributed by atoms with Crippen LogP contribution in [0.5, 0.6) is 0 Å². The summed E-state index contributed by atoms with van der Waals surface area (Å²) in [5.74, 6) is -1.15. The van der Waals surface area contributed by atoms with Crippen LogP contribution in [0.3, 0.4) is 0 Å². The molecule has 0 aromatic heterocycles. The fourth-order valence-corrected chi connectivity index (χ4v) is 1.56. The smallest absolute Gasteiger partial charge is 0.411 e. The SMILES string of the molecule is CC(C)(NC(=O)NC1(C(F)(F)F)CC1)C(C)(C)C(=O)O. The van der Waals surface area contributed by atoms with E-state index in [9.17, 15) is 22.8 Å². The van der Waals surface area contributed by atoms with Crippen LogP contribution < -0.4 is 10.6 Å². The van der Waals surface area contributed by atoms with Crippen LogP contribution in [0.1, 0.15) is 40.5 Å². The number of hydrogen-bond acceptors (Lipinski definition) is 2. The number of rotatable bonds is 4. The Kier molecular flexibility index (Phi) is 3.75. The molecule has 0 aliphatic heterocycles. The van der Waals surface area contributed by atoms with Gasteiger partial charge in [0.2, 0.25) is 0 Å². The molecular formula is C12H19F3N2O3. The molecule has 0 atom stereocenters. The van der Waals surface area contributed by atoms with E-state index in [0.29, 0.717) is 0 Å². The number of hydrogen-bond donors (Lipinski definition) is 3. The average Bonchev–Trinajstić information content (AvgIpc) is 2.95. The Morgan fingerprint density at radius 1 is 1.10 bits per heavy atom. The predicted molar refractivity (Wildman–Crippen MR) is 65.2 cm³/mol. The van der Waals surface area contributed by atoms with Crippen molar-refractivity contribution in [1.29, 1.82) is 0 Å². The van der Waals surface area contributed by atoms with Crippen LogP contribution in [-0.2, 0) is 4.79 Å². The first-order valence-corrected chi connectivity index (χ1v) is 6.16. The summed E-state index contributed by atoms with van der Waals surface area (Å²) in [6.07, 6.45) is -4.82. The second-order valence-electron chi connectivity index (χ2n) is 6.21. The van der Waals surface area contributed by atoms with Gasteiger partial charge in [-0.3, -0.25) is 4.79 Å². The van der Waals surface area contributed by atoms with E-state index in [4.69, 9.17) is 5.11 Å². The molecule has 0 aromatic rings. The number of alkyl halides is 3. The van der Waals surface area contributed by atoms with E-state index in [1.807, 2.05) is 5.32 Å². The maximum atomic E-state index is 12.7. The van der Waals surface area contributed by atoms with Crippen molar-refractivity contribution in [3.63, 3.8) is 0 Å². The topological polar surface area (TPSA) is 78.4 Å². The average molecular weight is 296 g/mol. The van der Waals surface area contributed by atoms with E-state index in [1.54, 1.807) is 0 Å². The Balaban J connectivity index is 2.75. The first-order chi connectivity index (χ1) is 8.75. The van der Waals surface area contributed by atoms with Gasteiger partial charge in [0.25, 0.3) is 0 Å². The van der Waals surface area contributed by atoms with E-state index in [2.05, 4.69) is 5.32 Å². The highest BCUT2D eigenvalue weighted by Crippen LogP contribution is 2.48. The van der Waals surface area contributed by atoms with Gasteiger partial charge in [0, 0.05) is 0 Å². The van der Waals surface area contributed by atoms with Crippen LogP contribution in [0.15, 0.2) is 0 Å². The van der Waals surface area contributed by atoms with Gasteiger partial charge in [-0.05, 0) is 40.5 Å². The van der Waals surface area contributed by atoms with Crippen molar-refractivity contribution >= 4 is 12.0 Å². The lowest BCUT2D eigenvalue weighted by Crippen LogP contribution is -2.61. The van der Waals surface area contributed by atoms with Crippen molar-refractivity contribution in [3.8, 4) is 0 Å². The minimum atomic E-state index is -4.50. The van der Waals surface area contributed by atoms with Gasteiger partial charge in [-0.15, -0.1) is 0 Å². The van der Waals surface area contributed by atoms with Crippen molar-refractivity contribution in [3.05, 3.63) is 0 Å². The van der Waals surface area contributed by atoms with Gasteiger partial charge in [0.05, 0.1) is 11.0 Å². The summed E-state index contributed by atoms with van der Waals surface area (Å²) >= 11 is 0. The number of nitrogens with one attached hydrogen (secondary N) is 2. The zero-order valence-corrected chi connectivity index (χ0v) is 11.8. The Labute approximate surface area is 114 Å². The Morgan fingerprint density at radius 2 is 1.55 bits per heavy atom. The van der Waals surface area contributed by atoms with Crippen molar-refractivity contribution < 1.29 is 27.9 Å². The molecule has 1 fully saturated rings. The molecule has 2 amide bonds. The standard InChI is InChI=1S/C12H19F3N2O3/c1-9(2,7(18)19)10(3,4)16-8(20)17-11(5-6-11)12(13,14)15/h5-6H2,1-4H3,(H,18,19)(H2,16,17,20). The normalized spacial score (nSPS) is 18.4. The van der Waals surface area contributed by atoms with Gasteiger partial charge in [0.1, 0.15) is 5.54 Å². The van der Waals surface area contributed by atoms with Gasteiger partial charge in [-0.1, -0.05) is 0 Å². The molecule has 3 N–H and O–H groups in total. The largest absolute Gasteiger partial charge is 0.481 e. The molecule has 20 heavy (non-hydrogen) atoms. The third kappa shape index (κ3) is 2.83.